The summed E-state index contributed by atoms with van der Waals surface area (Å²) in [6.07, 6.45) is 3.59. The molecule has 1 aromatic carbocycles. The highest BCUT2D eigenvalue weighted by Gasteiger charge is 2.25. The summed E-state index contributed by atoms with van der Waals surface area (Å²) in [4.78, 5) is 27.0. The highest BCUT2D eigenvalue weighted by atomic mass is 16.2. The molecule has 0 saturated heterocycles. The smallest absolute Gasteiger partial charge is 0.253 e. The van der Waals surface area contributed by atoms with E-state index in [-0.39, 0.29) is 11.8 Å². The number of carbonyl (C=O) groups is 2. The molecule has 2 N–H and O–H groups in total. The Bertz CT molecular complexity index is 582. The van der Waals surface area contributed by atoms with Crippen molar-refractivity contribution in [1.29, 1.82) is 0 Å². The first-order chi connectivity index (χ1) is 12.0. The van der Waals surface area contributed by atoms with Crippen molar-refractivity contribution < 1.29 is 9.59 Å². The number of anilines is 1. The Morgan fingerprint density at radius 2 is 1.96 bits per heavy atom. The fourth-order valence-electron chi connectivity index (χ4n) is 2.79. The van der Waals surface area contributed by atoms with Gasteiger partial charge in [0.1, 0.15) is 0 Å². The molecule has 138 valence electrons. The Balaban J connectivity index is 1.95. The first-order valence-electron chi connectivity index (χ1n) is 9.39. The Morgan fingerprint density at radius 1 is 1.24 bits per heavy atom. The molecule has 25 heavy (non-hydrogen) atoms. The Morgan fingerprint density at radius 3 is 2.60 bits per heavy atom. The van der Waals surface area contributed by atoms with Gasteiger partial charge in [-0.3, -0.25) is 14.5 Å². The summed E-state index contributed by atoms with van der Waals surface area (Å²) in [6.45, 7) is 9.16. The van der Waals surface area contributed by atoms with Gasteiger partial charge < -0.3 is 10.6 Å². The van der Waals surface area contributed by atoms with Crippen LogP contribution in [0, 0.1) is 11.8 Å². The normalized spacial score (nSPS) is 14.0. The zero-order valence-electron chi connectivity index (χ0n) is 15.7. The second-order valence-electron chi connectivity index (χ2n) is 7.38. The van der Waals surface area contributed by atoms with E-state index in [0.29, 0.717) is 30.3 Å². The van der Waals surface area contributed by atoms with Gasteiger partial charge in [-0.1, -0.05) is 32.9 Å². The van der Waals surface area contributed by atoms with Gasteiger partial charge in [0.2, 0.25) is 5.91 Å². The highest BCUT2D eigenvalue weighted by Crippen LogP contribution is 2.29. The number of para-hydroxylation sites is 1. The van der Waals surface area contributed by atoms with Gasteiger partial charge in [-0.2, -0.15) is 0 Å². The Hall–Kier alpha value is -1.88. The standard InChI is InChI=1S/C20H31N3O2/c1-4-11-23(13-16-9-10-16)14-19(24)22-18-8-6-5-7-17(18)20(25)21-12-15(2)3/h5-8,15-16H,4,9-14H2,1-3H3,(H,21,25)(H,22,24). The number of rotatable bonds is 10. The van der Waals surface area contributed by atoms with Crippen LogP contribution in [0.25, 0.3) is 0 Å². The van der Waals surface area contributed by atoms with E-state index < -0.39 is 0 Å². The first-order valence-corrected chi connectivity index (χ1v) is 9.39. The van der Waals surface area contributed by atoms with Crippen LogP contribution in [-0.2, 0) is 4.79 Å². The molecule has 1 fully saturated rings. The van der Waals surface area contributed by atoms with Crippen LogP contribution in [0.3, 0.4) is 0 Å². The molecule has 1 aromatic rings. The zero-order chi connectivity index (χ0) is 18.2. The minimum absolute atomic E-state index is 0.0572. The summed E-state index contributed by atoms with van der Waals surface area (Å²) >= 11 is 0. The molecule has 5 heteroatoms. The third-order valence-electron chi connectivity index (χ3n) is 4.24. The van der Waals surface area contributed by atoms with E-state index in [2.05, 4.69) is 36.3 Å². The van der Waals surface area contributed by atoms with Crippen molar-refractivity contribution in [2.75, 3.05) is 31.5 Å². The topological polar surface area (TPSA) is 61.4 Å². The predicted octanol–water partition coefficient (Wildman–Crippen LogP) is 3.13. The summed E-state index contributed by atoms with van der Waals surface area (Å²) in [5.74, 6) is 0.940. The van der Waals surface area contributed by atoms with Gasteiger partial charge in [-0.25, -0.2) is 0 Å². The van der Waals surface area contributed by atoms with Gasteiger partial charge in [-0.15, -0.1) is 0 Å². The molecule has 0 spiro atoms. The van der Waals surface area contributed by atoms with E-state index in [0.717, 1.165) is 25.4 Å². The summed E-state index contributed by atoms with van der Waals surface area (Å²) in [5.41, 5.74) is 1.09. The molecule has 2 amide bonds. The predicted molar refractivity (Wildman–Crippen MR) is 102 cm³/mol. The monoisotopic (exact) mass is 345 g/mol. The molecule has 0 bridgehead atoms. The van der Waals surface area contributed by atoms with Gasteiger partial charge in [0.15, 0.2) is 0 Å². The highest BCUT2D eigenvalue weighted by molar-refractivity contribution is 6.04. The maximum absolute atomic E-state index is 12.5. The van der Waals surface area contributed by atoms with Crippen LogP contribution in [0.1, 0.15) is 50.4 Å². The van der Waals surface area contributed by atoms with Crippen LogP contribution in [0.15, 0.2) is 24.3 Å². The van der Waals surface area contributed by atoms with Gasteiger partial charge >= 0.3 is 0 Å². The average molecular weight is 345 g/mol. The molecular formula is C20H31N3O2. The third-order valence-corrected chi connectivity index (χ3v) is 4.24. The lowest BCUT2D eigenvalue weighted by Crippen LogP contribution is -2.36. The van der Waals surface area contributed by atoms with E-state index >= 15 is 0 Å². The minimum atomic E-state index is -0.145. The molecule has 0 aliphatic heterocycles. The molecule has 2 rings (SSSR count). The van der Waals surface area contributed by atoms with Crippen molar-refractivity contribution in [3.8, 4) is 0 Å². The number of amides is 2. The average Bonchev–Trinajstić information content (AvgIpc) is 3.37. The summed E-state index contributed by atoms with van der Waals surface area (Å²) in [7, 11) is 0. The largest absolute Gasteiger partial charge is 0.352 e. The summed E-state index contributed by atoms with van der Waals surface area (Å²) in [6, 6.07) is 7.19. The molecule has 0 heterocycles. The number of nitrogens with zero attached hydrogens (tertiary/aromatic N) is 1. The van der Waals surface area contributed by atoms with Gasteiger partial charge in [0, 0.05) is 13.1 Å². The van der Waals surface area contributed by atoms with Crippen LogP contribution in [0.2, 0.25) is 0 Å². The van der Waals surface area contributed by atoms with E-state index in [1.54, 1.807) is 12.1 Å². The number of nitrogens with one attached hydrogen (secondary N) is 2. The summed E-state index contributed by atoms with van der Waals surface area (Å²) < 4.78 is 0. The van der Waals surface area contributed by atoms with Crippen molar-refractivity contribution in [3.05, 3.63) is 29.8 Å². The molecule has 1 aliphatic carbocycles. The van der Waals surface area contributed by atoms with E-state index in [9.17, 15) is 9.59 Å². The van der Waals surface area contributed by atoms with Crippen LogP contribution in [0.4, 0.5) is 5.69 Å². The van der Waals surface area contributed by atoms with Crippen molar-refractivity contribution in [1.82, 2.24) is 10.2 Å². The van der Waals surface area contributed by atoms with Crippen LogP contribution in [-0.4, -0.2) is 42.9 Å². The van der Waals surface area contributed by atoms with Gasteiger partial charge in [0.05, 0.1) is 17.8 Å². The fraction of sp³-hybridized carbons (Fsp3) is 0.600. The van der Waals surface area contributed by atoms with Crippen LogP contribution in [0.5, 0.6) is 0 Å². The quantitative estimate of drug-likeness (QED) is 0.685. The number of hydrogen-bond acceptors (Lipinski definition) is 3. The third kappa shape index (κ3) is 6.86. The number of benzene rings is 1. The maximum Gasteiger partial charge on any atom is 0.253 e. The van der Waals surface area contributed by atoms with E-state index in [4.69, 9.17) is 0 Å². The molecule has 1 aliphatic rings. The number of hydrogen-bond donors (Lipinski definition) is 2. The number of carbonyl (C=O) groups excluding carboxylic acids is 2. The summed E-state index contributed by atoms with van der Waals surface area (Å²) in [5, 5.41) is 5.83. The first kappa shape index (κ1) is 19.4. The lowest BCUT2D eigenvalue weighted by atomic mass is 10.1. The molecule has 5 nitrogen and oxygen atoms in total. The second kappa shape index (κ2) is 9.56. The fourth-order valence-corrected chi connectivity index (χ4v) is 2.79. The molecule has 0 aromatic heterocycles. The van der Waals surface area contributed by atoms with Crippen molar-refractivity contribution in [3.63, 3.8) is 0 Å². The molecule has 0 unspecified atom stereocenters. The zero-order valence-corrected chi connectivity index (χ0v) is 15.7. The minimum Gasteiger partial charge on any atom is -0.352 e. The van der Waals surface area contributed by atoms with Crippen molar-refractivity contribution in [2.24, 2.45) is 11.8 Å². The molecule has 0 radical (unpaired) electrons. The van der Waals surface area contributed by atoms with E-state index in [1.807, 2.05) is 12.1 Å². The molecule has 1 saturated carbocycles. The Labute approximate surface area is 151 Å². The molecule has 0 atom stereocenters. The maximum atomic E-state index is 12.5. The lowest BCUT2D eigenvalue weighted by Gasteiger charge is -2.21. The van der Waals surface area contributed by atoms with Gasteiger partial charge in [-0.05, 0) is 49.8 Å². The van der Waals surface area contributed by atoms with Crippen LogP contribution < -0.4 is 10.6 Å². The van der Waals surface area contributed by atoms with Crippen molar-refractivity contribution >= 4 is 17.5 Å². The van der Waals surface area contributed by atoms with Gasteiger partial charge in [0.25, 0.3) is 5.91 Å². The van der Waals surface area contributed by atoms with E-state index in [1.165, 1.54) is 12.8 Å². The Kier molecular flexibility index (Phi) is 7.44. The lowest BCUT2D eigenvalue weighted by molar-refractivity contribution is -0.117. The van der Waals surface area contributed by atoms with Crippen LogP contribution >= 0.6 is 0 Å². The molecular weight excluding hydrogens is 314 g/mol. The second-order valence-corrected chi connectivity index (χ2v) is 7.38. The van der Waals surface area contributed by atoms with Crippen molar-refractivity contribution in [2.45, 2.75) is 40.0 Å². The SMILES string of the molecule is CCCN(CC(=O)Nc1ccccc1C(=O)NCC(C)C)CC1CC1.